The molecule has 0 aliphatic rings. The lowest BCUT2D eigenvalue weighted by Gasteiger charge is -2.10. The Labute approximate surface area is 117 Å². The van der Waals surface area contributed by atoms with Crippen LogP contribution in [0.4, 0.5) is 5.69 Å². The van der Waals surface area contributed by atoms with Crippen molar-refractivity contribution in [3.63, 3.8) is 0 Å². The number of benzene rings is 1. The van der Waals surface area contributed by atoms with E-state index >= 15 is 0 Å². The Balaban J connectivity index is 2.07. The summed E-state index contributed by atoms with van der Waals surface area (Å²) in [4.78, 5) is 4.46. The first-order valence-electron chi connectivity index (χ1n) is 5.82. The first-order valence-corrected chi connectivity index (χ1v) is 6.23. The predicted molar refractivity (Wildman–Crippen MR) is 80.4 cm³/mol. The molecule has 3 N–H and O–H groups in total. The Morgan fingerprint density at radius 1 is 1.32 bits per heavy atom. The van der Waals surface area contributed by atoms with Gasteiger partial charge in [-0.25, -0.2) is 0 Å². The van der Waals surface area contributed by atoms with E-state index in [0.29, 0.717) is 12.2 Å². The Bertz CT molecular complexity index is 569. The maximum atomic E-state index is 5.63. The quantitative estimate of drug-likeness (QED) is 0.819. The molecule has 0 spiro atoms. The van der Waals surface area contributed by atoms with Crippen LogP contribution in [0.3, 0.4) is 0 Å². The van der Waals surface area contributed by atoms with Gasteiger partial charge in [0.05, 0.1) is 12.8 Å². The van der Waals surface area contributed by atoms with Crippen LogP contribution in [-0.4, -0.2) is 17.1 Å². The second-order valence-corrected chi connectivity index (χ2v) is 4.41. The van der Waals surface area contributed by atoms with Crippen LogP contribution in [0.2, 0.25) is 0 Å². The molecule has 0 bridgehead atoms. The zero-order valence-electron chi connectivity index (χ0n) is 10.6. The zero-order valence-corrected chi connectivity index (χ0v) is 11.4. The van der Waals surface area contributed by atoms with Gasteiger partial charge in [0.15, 0.2) is 0 Å². The standard InChI is InChI=1S/C14H15N3OS/c1-18-11-6-4-10(5-7-11)9-17-12-3-2-8-16-13(12)14(15)19/h2-8,17H,9H2,1H3,(H2,15,19). The van der Waals surface area contributed by atoms with E-state index in [-0.39, 0.29) is 4.99 Å². The fourth-order valence-corrected chi connectivity index (χ4v) is 1.85. The lowest BCUT2D eigenvalue weighted by atomic mass is 10.2. The molecule has 0 unspecified atom stereocenters. The molecule has 0 fully saturated rings. The Hall–Kier alpha value is -2.14. The summed E-state index contributed by atoms with van der Waals surface area (Å²) in [5, 5.41) is 3.28. The van der Waals surface area contributed by atoms with Gasteiger partial charge in [0.25, 0.3) is 0 Å². The van der Waals surface area contributed by atoms with E-state index < -0.39 is 0 Å². The number of ether oxygens (including phenoxy) is 1. The van der Waals surface area contributed by atoms with Crippen molar-refractivity contribution >= 4 is 22.9 Å². The predicted octanol–water partition coefficient (Wildman–Crippen LogP) is 2.34. The molecule has 2 aromatic rings. The summed E-state index contributed by atoms with van der Waals surface area (Å²) in [5.74, 6) is 0.842. The van der Waals surface area contributed by atoms with Crippen molar-refractivity contribution in [2.75, 3.05) is 12.4 Å². The van der Waals surface area contributed by atoms with Crippen molar-refractivity contribution < 1.29 is 4.74 Å². The molecular weight excluding hydrogens is 258 g/mol. The van der Waals surface area contributed by atoms with Gasteiger partial charge in [-0.2, -0.15) is 0 Å². The molecule has 2 rings (SSSR count). The van der Waals surface area contributed by atoms with Crippen molar-refractivity contribution in [2.45, 2.75) is 6.54 Å². The summed E-state index contributed by atoms with van der Waals surface area (Å²) in [6.45, 7) is 0.672. The van der Waals surface area contributed by atoms with Gasteiger partial charge in [0, 0.05) is 12.7 Å². The molecule has 98 valence electrons. The van der Waals surface area contributed by atoms with Crippen LogP contribution >= 0.6 is 12.2 Å². The number of rotatable bonds is 5. The van der Waals surface area contributed by atoms with Crippen LogP contribution in [0.1, 0.15) is 11.3 Å². The summed E-state index contributed by atoms with van der Waals surface area (Å²) < 4.78 is 5.12. The molecule has 1 aromatic heterocycles. The highest BCUT2D eigenvalue weighted by molar-refractivity contribution is 7.80. The van der Waals surface area contributed by atoms with Crippen molar-refractivity contribution in [1.29, 1.82) is 0 Å². The topological polar surface area (TPSA) is 60.2 Å². The number of pyridine rings is 1. The molecule has 0 saturated heterocycles. The van der Waals surface area contributed by atoms with E-state index in [4.69, 9.17) is 22.7 Å². The summed E-state index contributed by atoms with van der Waals surface area (Å²) in [6, 6.07) is 11.6. The SMILES string of the molecule is COc1ccc(CNc2cccnc2C(N)=S)cc1. The first kappa shape index (κ1) is 13.3. The molecule has 0 amide bonds. The summed E-state index contributed by atoms with van der Waals surface area (Å²) in [7, 11) is 1.65. The molecule has 1 heterocycles. The average molecular weight is 273 g/mol. The maximum absolute atomic E-state index is 5.63. The number of thiocarbonyl (C=S) groups is 1. The number of nitrogens with zero attached hydrogens (tertiary/aromatic N) is 1. The van der Waals surface area contributed by atoms with E-state index in [1.54, 1.807) is 13.3 Å². The van der Waals surface area contributed by atoms with Crippen LogP contribution in [0, 0.1) is 0 Å². The van der Waals surface area contributed by atoms with Crippen molar-refractivity contribution in [2.24, 2.45) is 5.73 Å². The second kappa shape index (κ2) is 6.15. The van der Waals surface area contributed by atoms with Gasteiger partial charge in [-0.1, -0.05) is 24.4 Å². The monoisotopic (exact) mass is 273 g/mol. The second-order valence-electron chi connectivity index (χ2n) is 3.97. The first-order chi connectivity index (χ1) is 9.20. The number of nitrogens with two attached hydrogens (primary N) is 1. The number of methoxy groups -OCH3 is 1. The molecule has 0 radical (unpaired) electrons. The highest BCUT2D eigenvalue weighted by Gasteiger charge is 2.05. The minimum absolute atomic E-state index is 0.290. The molecule has 1 aromatic carbocycles. The number of anilines is 1. The average Bonchev–Trinajstić information content (AvgIpc) is 2.46. The summed E-state index contributed by atoms with van der Waals surface area (Å²) in [6.07, 6.45) is 1.67. The van der Waals surface area contributed by atoms with E-state index in [9.17, 15) is 0 Å². The van der Waals surface area contributed by atoms with Crippen molar-refractivity contribution in [3.05, 3.63) is 53.9 Å². The number of nitrogens with one attached hydrogen (secondary N) is 1. The van der Waals surface area contributed by atoms with E-state index in [1.807, 2.05) is 36.4 Å². The number of aromatic nitrogens is 1. The van der Waals surface area contributed by atoms with Crippen molar-refractivity contribution in [1.82, 2.24) is 4.98 Å². The third-order valence-corrected chi connectivity index (χ3v) is 2.88. The molecule has 0 aliphatic heterocycles. The van der Waals surface area contributed by atoms with Crippen LogP contribution in [0.15, 0.2) is 42.6 Å². The van der Waals surface area contributed by atoms with E-state index in [2.05, 4.69) is 10.3 Å². The van der Waals surface area contributed by atoms with Crippen LogP contribution in [0.25, 0.3) is 0 Å². The van der Waals surface area contributed by atoms with Gasteiger partial charge in [-0.3, -0.25) is 4.98 Å². The van der Waals surface area contributed by atoms with E-state index in [0.717, 1.165) is 17.0 Å². The fourth-order valence-electron chi connectivity index (χ4n) is 1.68. The largest absolute Gasteiger partial charge is 0.497 e. The summed E-state index contributed by atoms with van der Waals surface area (Å²) in [5.41, 5.74) is 8.23. The lowest BCUT2D eigenvalue weighted by molar-refractivity contribution is 0.414. The molecule has 19 heavy (non-hydrogen) atoms. The van der Waals surface area contributed by atoms with Crippen molar-refractivity contribution in [3.8, 4) is 5.75 Å². The zero-order chi connectivity index (χ0) is 13.7. The lowest BCUT2D eigenvalue weighted by Crippen LogP contribution is -2.15. The van der Waals surface area contributed by atoms with Crippen LogP contribution in [0.5, 0.6) is 5.75 Å². The number of hydrogen-bond donors (Lipinski definition) is 2. The van der Waals surface area contributed by atoms with Gasteiger partial charge in [-0.05, 0) is 29.8 Å². The molecule has 4 nitrogen and oxygen atoms in total. The van der Waals surface area contributed by atoms with Gasteiger partial charge in [0.1, 0.15) is 16.4 Å². The van der Waals surface area contributed by atoms with Gasteiger partial charge in [-0.15, -0.1) is 0 Å². The minimum atomic E-state index is 0.290. The van der Waals surface area contributed by atoms with Gasteiger partial charge in [0.2, 0.25) is 0 Å². The smallest absolute Gasteiger partial charge is 0.124 e. The molecule has 0 aliphatic carbocycles. The Kier molecular flexibility index (Phi) is 4.30. The van der Waals surface area contributed by atoms with Crippen LogP contribution < -0.4 is 15.8 Å². The van der Waals surface area contributed by atoms with Crippen LogP contribution in [-0.2, 0) is 6.54 Å². The highest BCUT2D eigenvalue weighted by Crippen LogP contribution is 2.15. The Morgan fingerprint density at radius 3 is 2.68 bits per heavy atom. The highest BCUT2D eigenvalue weighted by atomic mass is 32.1. The third kappa shape index (κ3) is 3.42. The molecular formula is C14H15N3OS. The maximum Gasteiger partial charge on any atom is 0.124 e. The molecule has 5 heteroatoms. The molecule has 0 atom stereocenters. The molecule has 0 saturated carbocycles. The summed E-state index contributed by atoms with van der Waals surface area (Å²) >= 11 is 4.97. The van der Waals surface area contributed by atoms with Gasteiger partial charge >= 0.3 is 0 Å². The normalized spacial score (nSPS) is 9.95. The van der Waals surface area contributed by atoms with Gasteiger partial charge < -0.3 is 15.8 Å². The van der Waals surface area contributed by atoms with E-state index in [1.165, 1.54) is 0 Å². The fraction of sp³-hybridized carbons (Fsp3) is 0.143. The Morgan fingerprint density at radius 2 is 2.05 bits per heavy atom. The number of hydrogen-bond acceptors (Lipinski definition) is 4. The minimum Gasteiger partial charge on any atom is -0.497 e. The third-order valence-electron chi connectivity index (χ3n) is 2.68.